The maximum absolute atomic E-state index is 9.80. The Bertz CT molecular complexity index is 444. The molecule has 0 aromatic carbocycles. The molecule has 0 saturated heterocycles. The van der Waals surface area contributed by atoms with Crippen LogP contribution in [0.5, 0.6) is 0 Å². The minimum absolute atomic E-state index is 0.127. The lowest BCUT2D eigenvalue weighted by molar-refractivity contribution is -0.0952. The second-order valence-electron chi connectivity index (χ2n) is 5.92. The fraction of sp³-hybridized carbons (Fsp3) is 0.600. The van der Waals surface area contributed by atoms with Crippen molar-refractivity contribution in [1.82, 2.24) is 0 Å². The monoisotopic (exact) mass is 232 g/mol. The predicted molar refractivity (Wildman–Crippen MR) is 67.3 cm³/mol. The molecule has 0 aromatic rings. The minimum atomic E-state index is -0.674. The fourth-order valence-electron chi connectivity index (χ4n) is 3.61. The summed E-state index contributed by atoms with van der Waals surface area (Å²) in [5.41, 5.74) is 4.02. The number of fused-ring (bicyclic) bond motifs is 2. The lowest BCUT2D eigenvalue weighted by Crippen LogP contribution is -2.38. The molecule has 1 unspecified atom stereocenters. The Morgan fingerprint density at radius 3 is 2.94 bits per heavy atom. The second-order valence-corrected chi connectivity index (χ2v) is 5.92. The Kier molecular flexibility index (Phi) is 2.36. The first-order chi connectivity index (χ1) is 8.01. The highest BCUT2D eigenvalue weighted by Crippen LogP contribution is 2.52. The van der Waals surface area contributed by atoms with Gasteiger partial charge in [-0.05, 0) is 49.2 Å². The first-order valence-corrected chi connectivity index (χ1v) is 6.40. The molecule has 92 valence electrons. The van der Waals surface area contributed by atoms with Crippen LogP contribution in [0.3, 0.4) is 0 Å². The molecule has 3 rings (SSSR count). The smallest absolute Gasteiger partial charge is 0.177 e. The van der Waals surface area contributed by atoms with Gasteiger partial charge in [0.1, 0.15) is 0 Å². The molecule has 0 radical (unpaired) electrons. The number of hydrogen-bond donors (Lipinski definition) is 1. The van der Waals surface area contributed by atoms with Gasteiger partial charge in [-0.1, -0.05) is 30.7 Å². The standard InChI is InChI=1S/C15H20O2/c1-9-5-4-6-15(3)8-13-11(7-12(9)15)10(2)14(16)17-13/h4-6,12-14,16H,7-8H2,1-3H3/t12-,13+,14?,15-/m1/s1. The van der Waals surface area contributed by atoms with Crippen molar-refractivity contribution in [1.29, 1.82) is 0 Å². The van der Waals surface area contributed by atoms with E-state index in [4.69, 9.17) is 4.74 Å². The quantitative estimate of drug-likeness (QED) is 0.651. The number of aliphatic hydroxyl groups is 1. The maximum Gasteiger partial charge on any atom is 0.177 e. The zero-order chi connectivity index (χ0) is 12.2. The summed E-state index contributed by atoms with van der Waals surface area (Å²) >= 11 is 0. The summed E-state index contributed by atoms with van der Waals surface area (Å²) in [6.07, 6.45) is 8.17. The molecule has 0 amide bonds. The van der Waals surface area contributed by atoms with Crippen molar-refractivity contribution in [3.63, 3.8) is 0 Å². The summed E-state index contributed by atoms with van der Waals surface area (Å²) in [7, 11) is 0. The van der Waals surface area contributed by atoms with E-state index in [0.29, 0.717) is 5.92 Å². The van der Waals surface area contributed by atoms with Gasteiger partial charge in [0.15, 0.2) is 6.29 Å². The lowest BCUT2D eigenvalue weighted by atomic mass is 9.61. The highest BCUT2D eigenvalue weighted by Gasteiger charge is 2.46. The zero-order valence-electron chi connectivity index (χ0n) is 10.7. The number of aliphatic hydroxyl groups excluding tert-OH is 1. The van der Waals surface area contributed by atoms with E-state index >= 15 is 0 Å². The molecular weight excluding hydrogens is 212 g/mol. The van der Waals surface area contributed by atoms with E-state index in [1.165, 1.54) is 11.1 Å². The fourth-order valence-corrected chi connectivity index (χ4v) is 3.61. The highest BCUT2D eigenvalue weighted by molar-refractivity contribution is 5.35. The molecule has 3 aliphatic rings. The molecule has 0 spiro atoms. The third kappa shape index (κ3) is 1.54. The Balaban J connectivity index is 1.99. The van der Waals surface area contributed by atoms with Crippen LogP contribution in [0.1, 0.15) is 33.6 Å². The third-order valence-corrected chi connectivity index (χ3v) is 4.79. The van der Waals surface area contributed by atoms with Crippen LogP contribution in [0.2, 0.25) is 0 Å². The molecule has 2 heteroatoms. The first-order valence-electron chi connectivity index (χ1n) is 6.40. The first kappa shape index (κ1) is 11.2. The molecule has 0 bridgehead atoms. The van der Waals surface area contributed by atoms with Gasteiger partial charge in [0.2, 0.25) is 0 Å². The molecule has 2 aliphatic carbocycles. The van der Waals surface area contributed by atoms with Crippen LogP contribution < -0.4 is 0 Å². The summed E-state index contributed by atoms with van der Waals surface area (Å²) in [5.74, 6) is 0.572. The molecule has 1 fully saturated rings. The highest BCUT2D eigenvalue weighted by atomic mass is 16.6. The van der Waals surface area contributed by atoms with E-state index < -0.39 is 6.29 Å². The van der Waals surface area contributed by atoms with Crippen molar-refractivity contribution in [2.75, 3.05) is 0 Å². The van der Waals surface area contributed by atoms with Crippen LogP contribution in [0.4, 0.5) is 0 Å². The zero-order valence-corrected chi connectivity index (χ0v) is 10.7. The third-order valence-electron chi connectivity index (χ3n) is 4.79. The molecule has 1 heterocycles. The average molecular weight is 232 g/mol. The van der Waals surface area contributed by atoms with Crippen molar-refractivity contribution in [2.24, 2.45) is 11.3 Å². The van der Waals surface area contributed by atoms with Crippen molar-refractivity contribution < 1.29 is 9.84 Å². The van der Waals surface area contributed by atoms with E-state index in [1.54, 1.807) is 0 Å². The molecule has 1 aliphatic heterocycles. The molecule has 2 nitrogen and oxygen atoms in total. The number of ether oxygens (including phenoxy) is 1. The van der Waals surface area contributed by atoms with E-state index in [1.807, 2.05) is 6.92 Å². The van der Waals surface area contributed by atoms with Crippen molar-refractivity contribution in [2.45, 2.75) is 46.0 Å². The second kappa shape index (κ2) is 3.56. The van der Waals surface area contributed by atoms with Gasteiger partial charge in [-0.3, -0.25) is 0 Å². The average Bonchev–Trinajstić information content (AvgIpc) is 2.52. The Morgan fingerprint density at radius 2 is 2.18 bits per heavy atom. The van der Waals surface area contributed by atoms with Gasteiger partial charge >= 0.3 is 0 Å². The molecule has 0 aromatic heterocycles. The van der Waals surface area contributed by atoms with Crippen LogP contribution in [0.15, 0.2) is 34.9 Å². The summed E-state index contributed by atoms with van der Waals surface area (Å²) in [6.45, 7) is 6.53. The largest absolute Gasteiger partial charge is 0.364 e. The van der Waals surface area contributed by atoms with Gasteiger partial charge in [-0.25, -0.2) is 0 Å². The number of hydrogen-bond acceptors (Lipinski definition) is 2. The van der Waals surface area contributed by atoms with Crippen molar-refractivity contribution >= 4 is 0 Å². The van der Waals surface area contributed by atoms with Crippen LogP contribution in [-0.2, 0) is 4.74 Å². The van der Waals surface area contributed by atoms with Crippen LogP contribution in [0, 0.1) is 11.3 Å². The molecule has 17 heavy (non-hydrogen) atoms. The topological polar surface area (TPSA) is 29.5 Å². The SMILES string of the molecule is CC1=CC=C[C@]2(C)C[C@@H]3OC(O)C(C)=C3C[C@H]12. The van der Waals surface area contributed by atoms with Gasteiger partial charge in [-0.15, -0.1) is 0 Å². The Morgan fingerprint density at radius 1 is 1.41 bits per heavy atom. The normalized spacial score (nSPS) is 44.5. The van der Waals surface area contributed by atoms with Gasteiger partial charge in [0.05, 0.1) is 6.10 Å². The molecule has 1 N–H and O–H groups in total. The maximum atomic E-state index is 9.80. The molecular formula is C15H20O2. The van der Waals surface area contributed by atoms with E-state index in [9.17, 15) is 5.11 Å². The van der Waals surface area contributed by atoms with Gasteiger partial charge in [0.25, 0.3) is 0 Å². The minimum Gasteiger partial charge on any atom is -0.364 e. The summed E-state index contributed by atoms with van der Waals surface area (Å²) < 4.78 is 5.66. The Hall–Kier alpha value is -0.860. The molecule has 1 saturated carbocycles. The van der Waals surface area contributed by atoms with Crippen molar-refractivity contribution in [3.8, 4) is 0 Å². The Labute approximate surface area is 103 Å². The van der Waals surface area contributed by atoms with E-state index in [0.717, 1.165) is 18.4 Å². The van der Waals surface area contributed by atoms with Crippen LogP contribution >= 0.6 is 0 Å². The van der Waals surface area contributed by atoms with Crippen LogP contribution in [0.25, 0.3) is 0 Å². The summed E-state index contributed by atoms with van der Waals surface area (Å²) in [6, 6.07) is 0. The van der Waals surface area contributed by atoms with Gasteiger partial charge in [-0.2, -0.15) is 0 Å². The number of rotatable bonds is 0. The van der Waals surface area contributed by atoms with Gasteiger partial charge in [0, 0.05) is 0 Å². The van der Waals surface area contributed by atoms with E-state index in [2.05, 4.69) is 32.1 Å². The van der Waals surface area contributed by atoms with Crippen LogP contribution in [-0.4, -0.2) is 17.5 Å². The molecule has 4 atom stereocenters. The predicted octanol–water partition coefficient (Wildman–Crippen LogP) is 2.95. The number of allylic oxidation sites excluding steroid dienone is 4. The van der Waals surface area contributed by atoms with Crippen molar-refractivity contribution in [3.05, 3.63) is 34.9 Å². The summed E-state index contributed by atoms with van der Waals surface area (Å²) in [5, 5.41) is 9.80. The summed E-state index contributed by atoms with van der Waals surface area (Å²) in [4.78, 5) is 0. The lowest BCUT2D eigenvalue weighted by Gasteiger charge is -2.44. The van der Waals surface area contributed by atoms with E-state index in [-0.39, 0.29) is 11.5 Å². The van der Waals surface area contributed by atoms with Gasteiger partial charge < -0.3 is 9.84 Å².